The van der Waals surface area contributed by atoms with Gasteiger partial charge in [0.25, 0.3) is 5.91 Å². The lowest BCUT2D eigenvalue weighted by molar-refractivity contribution is -0.147. The maximum atomic E-state index is 14.2. The van der Waals surface area contributed by atoms with Crippen LogP contribution in [0.4, 0.5) is 0 Å². The zero-order chi connectivity index (χ0) is 28.9. The second kappa shape index (κ2) is 10.6. The third-order valence-electron chi connectivity index (χ3n) is 9.08. The number of carbonyl (C=O) groups excluding carboxylic acids is 3. The van der Waals surface area contributed by atoms with E-state index < -0.39 is 50.8 Å². The molecule has 1 aromatic carbocycles. The summed E-state index contributed by atoms with van der Waals surface area (Å²) in [5, 5.41) is 12.5. The minimum atomic E-state index is -3.62. The summed E-state index contributed by atoms with van der Waals surface area (Å²) in [4.78, 5) is 44.1. The van der Waals surface area contributed by atoms with Gasteiger partial charge in [0.15, 0.2) is 0 Å². The maximum absolute atomic E-state index is 14.2. The summed E-state index contributed by atoms with van der Waals surface area (Å²) in [6, 6.07) is 6.74. The van der Waals surface area contributed by atoms with Crippen LogP contribution in [0.1, 0.15) is 63.4 Å². The van der Waals surface area contributed by atoms with Crippen LogP contribution in [0.2, 0.25) is 0 Å². The standard InChI is InChI=1S/C29H37N5O6S/c1-33(26(35)23(12-18-6-7-18)32-41(38,39)22-10-11-22)24(13-19-8-9-19)27(36)34-17-29(14-21(34)15-30)28(37)31-16-20-4-2-3-5-25(20)40-29/h2-5,18-19,21-24,32H,6-14,16-17H2,1H3,(H,31,37). The molecule has 4 unspecified atom stereocenters. The van der Waals surface area contributed by atoms with E-state index in [4.69, 9.17) is 4.74 Å². The molecule has 4 fully saturated rings. The van der Waals surface area contributed by atoms with Gasteiger partial charge in [0.2, 0.25) is 27.4 Å². The van der Waals surface area contributed by atoms with Crippen molar-refractivity contribution in [1.29, 1.82) is 5.26 Å². The zero-order valence-corrected chi connectivity index (χ0v) is 24.1. The van der Waals surface area contributed by atoms with Crippen LogP contribution < -0.4 is 14.8 Å². The Balaban J connectivity index is 1.24. The Morgan fingerprint density at radius 1 is 1.17 bits per heavy atom. The van der Waals surface area contributed by atoms with Crippen molar-refractivity contribution in [2.45, 2.75) is 93.3 Å². The number of nitriles is 1. The average Bonchev–Trinajstić information content (AvgIpc) is 3.79. The van der Waals surface area contributed by atoms with Crippen molar-refractivity contribution >= 4 is 27.7 Å². The van der Waals surface area contributed by atoms with Crippen molar-refractivity contribution in [2.75, 3.05) is 13.6 Å². The molecule has 12 heteroatoms. The Bertz CT molecular complexity index is 1380. The summed E-state index contributed by atoms with van der Waals surface area (Å²) in [6.45, 7) is 0.163. The van der Waals surface area contributed by atoms with E-state index in [9.17, 15) is 28.1 Å². The van der Waals surface area contributed by atoms with Gasteiger partial charge in [-0.25, -0.2) is 13.1 Å². The van der Waals surface area contributed by atoms with Gasteiger partial charge in [-0.2, -0.15) is 5.26 Å². The van der Waals surface area contributed by atoms with E-state index in [2.05, 4.69) is 16.1 Å². The van der Waals surface area contributed by atoms with E-state index in [0.29, 0.717) is 31.4 Å². The van der Waals surface area contributed by atoms with Crippen molar-refractivity contribution in [2.24, 2.45) is 11.8 Å². The van der Waals surface area contributed by atoms with E-state index in [0.717, 1.165) is 31.2 Å². The van der Waals surface area contributed by atoms with Crippen molar-refractivity contribution in [3.8, 4) is 11.8 Å². The predicted molar refractivity (Wildman–Crippen MR) is 147 cm³/mol. The van der Waals surface area contributed by atoms with Gasteiger partial charge in [-0.05, 0) is 43.6 Å². The Morgan fingerprint density at radius 3 is 2.51 bits per heavy atom. The molecule has 1 saturated heterocycles. The molecule has 5 aliphatic rings. The van der Waals surface area contributed by atoms with Gasteiger partial charge in [-0.3, -0.25) is 14.4 Å². The fourth-order valence-corrected chi connectivity index (χ4v) is 7.59. The molecule has 11 nitrogen and oxygen atoms in total. The third-order valence-corrected chi connectivity index (χ3v) is 11.0. The molecule has 2 heterocycles. The van der Waals surface area contributed by atoms with E-state index >= 15 is 0 Å². The van der Waals surface area contributed by atoms with E-state index in [1.165, 1.54) is 9.80 Å². The largest absolute Gasteiger partial charge is 0.475 e. The van der Waals surface area contributed by atoms with Crippen LogP contribution in [-0.4, -0.2) is 78.5 Å². The third kappa shape index (κ3) is 5.79. The molecule has 3 amide bonds. The maximum Gasteiger partial charge on any atom is 0.266 e. The molecule has 0 radical (unpaired) electrons. The Kier molecular flexibility index (Phi) is 7.22. The van der Waals surface area contributed by atoms with Crippen LogP contribution >= 0.6 is 0 Å². The molecular formula is C29H37N5O6S. The number of likely N-dealkylation sites (tertiary alicyclic amines) is 1. The number of carbonyl (C=O) groups is 3. The zero-order valence-electron chi connectivity index (χ0n) is 23.3. The molecule has 1 spiro atoms. The number of sulfonamides is 1. The van der Waals surface area contributed by atoms with Crippen molar-refractivity contribution in [3.63, 3.8) is 0 Å². The number of nitrogens with one attached hydrogen (secondary N) is 2. The Labute approximate surface area is 240 Å². The molecule has 41 heavy (non-hydrogen) atoms. The average molecular weight is 584 g/mol. The minimum Gasteiger partial charge on any atom is -0.475 e. The summed E-state index contributed by atoms with van der Waals surface area (Å²) in [6.07, 6.45) is 5.80. The minimum absolute atomic E-state index is 0.00864. The molecule has 0 aromatic heterocycles. The molecule has 220 valence electrons. The topological polar surface area (TPSA) is 149 Å². The monoisotopic (exact) mass is 583 g/mol. The number of benzene rings is 1. The lowest BCUT2D eigenvalue weighted by Crippen LogP contribution is -2.57. The number of ether oxygens (including phenoxy) is 1. The molecule has 2 aliphatic heterocycles. The quantitative estimate of drug-likeness (QED) is 0.423. The Hall–Kier alpha value is -3.17. The summed E-state index contributed by atoms with van der Waals surface area (Å²) in [7, 11) is -2.06. The molecule has 3 saturated carbocycles. The first-order valence-corrected chi connectivity index (χ1v) is 16.2. The number of fused-ring (bicyclic) bond motifs is 1. The van der Waals surface area contributed by atoms with Crippen LogP contribution in [0.15, 0.2) is 24.3 Å². The smallest absolute Gasteiger partial charge is 0.266 e. The molecule has 1 aromatic rings. The number of hydrogen-bond acceptors (Lipinski definition) is 7. The highest BCUT2D eigenvalue weighted by Gasteiger charge is 2.56. The summed E-state index contributed by atoms with van der Waals surface area (Å²) >= 11 is 0. The highest BCUT2D eigenvalue weighted by molar-refractivity contribution is 7.90. The summed E-state index contributed by atoms with van der Waals surface area (Å²) in [5.74, 6) is -0.145. The fourth-order valence-electron chi connectivity index (χ4n) is 6.04. The van der Waals surface area contributed by atoms with Gasteiger partial charge in [-0.1, -0.05) is 43.9 Å². The van der Waals surface area contributed by atoms with Gasteiger partial charge in [0.05, 0.1) is 17.9 Å². The van der Waals surface area contributed by atoms with E-state index in [1.54, 1.807) is 13.1 Å². The van der Waals surface area contributed by atoms with Crippen LogP contribution in [0.5, 0.6) is 5.75 Å². The van der Waals surface area contributed by atoms with Crippen LogP contribution in [0.3, 0.4) is 0 Å². The predicted octanol–water partition coefficient (Wildman–Crippen LogP) is 1.44. The molecule has 3 aliphatic carbocycles. The number of hydrogen-bond donors (Lipinski definition) is 2. The normalized spacial score (nSPS) is 27.2. The number of nitrogens with zero attached hydrogens (tertiary/aromatic N) is 3. The van der Waals surface area contributed by atoms with Gasteiger partial charge in [0, 0.05) is 25.6 Å². The molecule has 6 rings (SSSR count). The fraction of sp³-hybridized carbons (Fsp3) is 0.655. The summed E-state index contributed by atoms with van der Waals surface area (Å²) < 4.78 is 34.5. The van der Waals surface area contributed by atoms with Gasteiger partial charge in [-0.15, -0.1) is 0 Å². The van der Waals surface area contributed by atoms with Gasteiger partial charge in [0.1, 0.15) is 23.9 Å². The number of amides is 3. The second-order valence-corrected chi connectivity index (χ2v) is 14.4. The summed E-state index contributed by atoms with van der Waals surface area (Å²) in [5.41, 5.74) is -0.618. The van der Waals surface area contributed by atoms with E-state index in [1.807, 2.05) is 18.2 Å². The highest BCUT2D eigenvalue weighted by atomic mass is 32.2. The van der Waals surface area contributed by atoms with E-state index in [-0.39, 0.29) is 37.3 Å². The van der Waals surface area contributed by atoms with Crippen molar-refractivity contribution < 1.29 is 27.5 Å². The lowest BCUT2D eigenvalue weighted by Gasteiger charge is -2.34. The number of para-hydroxylation sites is 1. The number of likely N-dealkylation sites (N-methyl/N-ethyl adjacent to an activating group) is 1. The Morgan fingerprint density at radius 2 is 1.85 bits per heavy atom. The second-order valence-electron chi connectivity index (χ2n) is 12.4. The first-order valence-electron chi connectivity index (χ1n) is 14.6. The highest BCUT2D eigenvalue weighted by Crippen LogP contribution is 2.40. The molecule has 0 bridgehead atoms. The first-order chi connectivity index (χ1) is 19.6. The number of rotatable bonds is 10. The van der Waals surface area contributed by atoms with Crippen LogP contribution in [0, 0.1) is 23.2 Å². The van der Waals surface area contributed by atoms with Crippen molar-refractivity contribution in [1.82, 2.24) is 19.8 Å². The molecule has 4 atom stereocenters. The first kappa shape index (κ1) is 28.0. The molecular weight excluding hydrogens is 546 g/mol. The molecule has 2 N–H and O–H groups in total. The SMILES string of the molecule is CN(C(=O)C(CC1CC1)NS(=O)(=O)C1CC1)C(CC1CC1)C(=O)N1CC2(CC1C#N)Oc1ccccc1CNC2=O. The van der Waals surface area contributed by atoms with Crippen LogP contribution in [-0.2, 0) is 31.0 Å². The van der Waals surface area contributed by atoms with Crippen LogP contribution in [0.25, 0.3) is 0 Å². The van der Waals surface area contributed by atoms with Gasteiger partial charge >= 0.3 is 0 Å². The van der Waals surface area contributed by atoms with Gasteiger partial charge < -0.3 is 19.9 Å². The van der Waals surface area contributed by atoms with Crippen molar-refractivity contribution in [3.05, 3.63) is 29.8 Å². The lowest BCUT2D eigenvalue weighted by atomic mass is 9.99.